The molecule has 4 heteroatoms. The van der Waals surface area contributed by atoms with Gasteiger partial charge in [-0.2, -0.15) is 0 Å². The molecule has 0 atom stereocenters. The number of likely N-dealkylation sites (N-methyl/N-ethyl adjacent to an activating group) is 1. The average molecular weight is 315 g/mol. The molecule has 0 saturated carbocycles. The predicted molar refractivity (Wildman–Crippen MR) is 79.8 cm³/mol. The van der Waals surface area contributed by atoms with Crippen molar-refractivity contribution in [1.29, 1.82) is 0 Å². The number of hydrogen-bond acceptors (Lipinski definition) is 3. The van der Waals surface area contributed by atoms with E-state index in [-0.39, 0.29) is 0 Å². The fraction of sp³-hybridized carbons (Fsp3) is 0.571. The molecule has 0 fully saturated rings. The topological polar surface area (TPSA) is 24.5 Å². The Hall–Kier alpha value is -0.420. The van der Waals surface area contributed by atoms with Crippen molar-refractivity contribution >= 4 is 15.9 Å². The Bertz CT molecular complexity index is 316. The third-order valence-corrected chi connectivity index (χ3v) is 3.34. The maximum absolute atomic E-state index is 5.05. The number of benzene rings is 1. The van der Waals surface area contributed by atoms with Crippen LogP contribution >= 0.6 is 15.9 Å². The van der Waals surface area contributed by atoms with Crippen molar-refractivity contribution in [3.63, 3.8) is 0 Å². The summed E-state index contributed by atoms with van der Waals surface area (Å²) in [5.74, 6) is 0. The lowest BCUT2D eigenvalue weighted by molar-refractivity contribution is 0.160. The molecular formula is C14H23BrN2O. The van der Waals surface area contributed by atoms with E-state index < -0.39 is 0 Å². The highest BCUT2D eigenvalue weighted by Gasteiger charge is 1.97. The molecule has 0 spiro atoms. The minimum atomic E-state index is 0.808. The van der Waals surface area contributed by atoms with Gasteiger partial charge in [0.1, 0.15) is 0 Å². The summed E-state index contributed by atoms with van der Waals surface area (Å²) in [5, 5.41) is 3.46. The zero-order valence-electron chi connectivity index (χ0n) is 11.3. The van der Waals surface area contributed by atoms with Gasteiger partial charge in [-0.05, 0) is 44.3 Å². The van der Waals surface area contributed by atoms with Crippen molar-refractivity contribution in [1.82, 2.24) is 10.2 Å². The van der Waals surface area contributed by atoms with Crippen molar-refractivity contribution in [2.24, 2.45) is 0 Å². The first-order valence-corrected chi connectivity index (χ1v) is 7.14. The van der Waals surface area contributed by atoms with Crippen molar-refractivity contribution in [3.8, 4) is 0 Å². The van der Waals surface area contributed by atoms with Gasteiger partial charge in [-0.25, -0.2) is 0 Å². The van der Waals surface area contributed by atoms with Crippen molar-refractivity contribution in [2.75, 3.05) is 40.4 Å². The Morgan fingerprint density at radius 3 is 2.61 bits per heavy atom. The Kier molecular flexibility index (Phi) is 8.25. The van der Waals surface area contributed by atoms with Crippen LogP contribution in [0.2, 0.25) is 0 Å². The maximum Gasteiger partial charge on any atom is 0.0589 e. The second kappa shape index (κ2) is 9.50. The summed E-state index contributed by atoms with van der Waals surface area (Å²) in [7, 11) is 3.88. The third-order valence-electron chi connectivity index (χ3n) is 2.81. The van der Waals surface area contributed by atoms with Gasteiger partial charge in [-0.1, -0.05) is 28.1 Å². The lowest BCUT2D eigenvalue weighted by Gasteiger charge is -2.15. The Morgan fingerprint density at radius 1 is 1.22 bits per heavy atom. The summed E-state index contributed by atoms with van der Waals surface area (Å²) in [4.78, 5) is 2.30. The monoisotopic (exact) mass is 314 g/mol. The van der Waals surface area contributed by atoms with Gasteiger partial charge in [-0.15, -0.1) is 0 Å². The highest BCUT2D eigenvalue weighted by atomic mass is 79.9. The number of ether oxygens (including phenoxy) is 1. The van der Waals surface area contributed by atoms with Crippen LogP contribution in [-0.2, 0) is 11.3 Å². The van der Waals surface area contributed by atoms with Crippen LogP contribution in [0.4, 0.5) is 0 Å². The van der Waals surface area contributed by atoms with Crippen LogP contribution in [0, 0.1) is 0 Å². The first-order valence-electron chi connectivity index (χ1n) is 6.35. The van der Waals surface area contributed by atoms with Gasteiger partial charge in [0.15, 0.2) is 0 Å². The summed E-state index contributed by atoms with van der Waals surface area (Å²) in [6, 6.07) is 8.44. The zero-order chi connectivity index (χ0) is 13.2. The highest BCUT2D eigenvalue weighted by molar-refractivity contribution is 9.10. The molecule has 0 saturated heterocycles. The van der Waals surface area contributed by atoms with Crippen molar-refractivity contribution < 1.29 is 4.74 Å². The molecule has 1 aromatic rings. The fourth-order valence-electron chi connectivity index (χ4n) is 1.67. The van der Waals surface area contributed by atoms with Gasteiger partial charge in [0, 0.05) is 24.7 Å². The number of methoxy groups -OCH3 is 1. The van der Waals surface area contributed by atoms with Crippen LogP contribution in [0.25, 0.3) is 0 Å². The van der Waals surface area contributed by atoms with Gasteiger partial charge < -0.3 is 15.0 Å². The van der Waals surface area contributed by atoms with Crippen LogP contribution in [0.1, 0.15) is 12.0 Å². The quantitative estimate of drug-likeness (QED) is 0.709. The lowest BCUT2D eigenvalue weighted by Crippen LogP contribution is -2.26. The lowest BCUT2D eigenvalue weighted by atomic mass is 10.2. The summed E-state index contributed by atoms with van der Waals surface area (Å²) < 4.78 is 6.18. The smallest absolute Gasteiger partial charge is 0.0589 e. The molecule has 3 nitrogen and oxygen atoms in total. The van der Waals surface area contributed by atoms with Crippen LogP contribution in [0.5, 0.6) is 0 Å². The van der Waals surface area contributed by atoms with Gasteiger partial charge in [0.05, 0.1) is 6.61 Å². The van der Waals surface area contributed by atoms with E-state index in [1.807, 2.05) is 0 Å². The largest absolute Gasteiger partial charge is 0.383 e. The van der Waals surface area contributed by atoms with E-state index >= 15 is 0 Å². The first-order chi connectivity index (χ1) is 8.72. The molecule has 0 aliphatic rings. The van der Waals surface area contributed by atoms with E-state index in [0.717, 1.165) is 43.7 Å². The number of nitrogens with one attached hydrogen (secondary N) is 1. The summed E-state index contributed by atoms with van der Waals surface area (Å²) in [6.07, 6.45) is 1.16. The second-order valence-electron chi connectivity index (χ2n) is 4.45. The molecule has 0 amide bonds. The highest BCUT2D eigenvalue weighted by Crippen LogP contribution is 2.10. The molecule has 1 rings (SSSR count). The molecule has 0 aliphatic heterocycles. The van der Waals surface area contributed by atoms with Crippen LogP contribution in [0.3, 0.4) is 0 Å². The van der Waals surface area contributed by atoms with Crippen molar-refractivity contribution in [3.05, 3.63) is 34.3 Å². The minimum Gasteiger partial charge on any atom is -0.383 e. The Balaban J connectivity index is 2.03. The van der Waals surface area contributed by atoms with Gasteiger partial charge in [-0.3, -0.25) is 0 Å². The molecule has 18 heavy (non-hydrogen) atoms. The van der Waals surface area contributed by atoms with Gasteiger partial charge in [0.25, 0.3) is 0 Å². The zero-order valence-corrected chi connectivity index (χ0v) is 12.9. The van der Waals surface area contributed by atoms with Gasteiger partial charge in [0.2, 0.25) is 0 Å². The SMILES string of the molecule is COCCN(C)CCCNCc1ccc(Br)cc1. The number of nitrogens with zero attached hydrogens (tertiary/aromatic N) is 1. The number of rotatable bonds is 9. The second-order valence-corrected chi connectivity index (χ2v) is 5.37. The van der Waals surface area contributed by atoms with Crippen LogP contribution in [0.15, 0.2) is 28.7 Å². The van der Waals surface area contributed by atoms with E-state index in [1.54, 1.807) is 7.11 Å². The molecule has 0 radical (unpaired) electrons. The Morgan fingerprint density at radius 2 is 1.94 bits per heavy atom. The van der Waals surface area contributed by atoms with Crippen LogP contribution < -0.4 is 5.32 Å². The Labute approximate surface area is 119 Å². The normalized spacial score (nSPS) is 11.1. The maximum atomic E-state index is 5.05. The third kappa shape index (κ3) is 7.11. The predicted octanol–water partition coefficient (Wildman–Crippen LogP) is 2.51. The molecule has 1 N–H and O–H groups in total. The van der Waals surface area contributed by atoms with E-state index in [1.165, 1.54) is 5.56 Å². The molecule has 0 unspecified atom stereocenters. The fourth-order valence-corrected chi connectivity index (χ4v) is 1.93. The summed E-state index contributed by atoms with van der Waals surface area (Å²) in [5.41, 5.74) is 1.32. The molecule has 102 valence electrons. The van der Waals surface area contributed by atoms with E-state index in [0.29, 0.717) is 0 Å². The number of hydrogen-bond donors (Lipinski definition) is 1. The molecule has 0 aromatic heterocycles. The van der Waals surface area contributed by atoms with Gasteiger partial charge >= 0.3 is 0 Å². The van der Waals surface area contributed by atoms with E-state index in [2.05, 4.69) is 57.5 Å². The average Bonchev–Trinajstić information content (AvgIpc) is 2.38. The van der Waals surface area contributed by atoms with E-state index in [4.69, 9.17) is 4.74 Å². The van der Waals surface area contributed by atoms with Crippen LogP contribution in [-0.4, -0.2) is 45.3 Å². The summed E-state index contributed by atoms with van der Waals surface area (Å²) >= 11 is 3.44. The standard InChI is InChI=1S/C14H23BrN2O/c1-17(10-11-18-2)9-3-8-16-12-13-4-6-14(15)7-5-13/h4-7,16H,3,8-12H2,1-2H3. The molecule has 0 aliphatic carbocycles. The molecular weight excluding hydrogens is 292 g/mol. The van der Waals surface area contributed by atoms with Crippen molar-refractivity contribution in [2.45, 2.75) is 13.0 Å². The molecule has 1 aromatic carbocycles. The summed E-state index contributed by atoms with van der Waals surface area (Å²) in [6.45, 7) is 4.91. The first kappa shape index (κ1) is 15.6. The molecule has 0 bridgehead atoms. The minimum absolute atomic E-state index is 0.808. The number of halogens is 1. The molecule has 0 heterocycles. The van der Waals surface area contributed by atoms with E-state index in [9.17, 15) is 0 Å².